The summed E-state index contributed by atoms with van der Waals surface area (Å²) in [5.41, 5.74) is 1.31. The van der Waals surface area contributed by atoms with Crippen molar-refractivity contribution in [2.75, 3.05) is 32.7 Å². The number of hydrogen-bond acceptors (Lipinski definition) is 4. The van der Waals surface area contributed by atoms with E-state index in [1.807, 2.05) is 0 Å². The number of nitrogens with one attached hydrogen (secondary N) is 1. The Morgan fingerprint density at radius 2 is 1.76 bits per heavy atom. The smallest absolute Gasteiger partial charge is 0.253 e. The average molecular weight is 440 g/mol. The van der Waals surface area contributed by atoms with E-state index in [0.717, 1.165) is 5.56 Å². The van der Waals surface area contributed by atoms with Crippen LogP contribution in [0.2, 0.25) is 5.02 Å². The molecule has 1 N–H and O–H groups in total. The zero-order chi connectivity index (χ0) is 21.0. The van der Waals surface area contributed by atoms with Crippen LogP contribution >= 0.6 is 11.6 Å². The van der Waals surface area contributed by atoms with Crippen LogP contribution in [0.1, 0.15) is 22.8 Å². The molecule has 1 amide bonds. The van der Waals surface area contributed by atoms with Gasteiger partial charge in [0.05, 0.1) is 4.90 Å². The molecule has 6 nitrogen and oxygen atoms in total. The molecule has 9 heteroatoms. The van der Waals surface area contributed by atoms with Crippen molar-refractivity contribution in [3.05, 3.63) is 64.4 Å². The highest BCUT2D eigenvalue weighted by Crippen LogP contribution is 2.20. The van der Waals surface area contributed by atoms with E-state index in [2.05, 4.69) is 9.62 Å². The fourth-order valence-electron chi connectivity index (χ4n) is 3.23. The van der Waals surface area contributed by atoms with E-state index in [0.29, 0.717) is 49.9 Å². The van der Waals surface area contributed by atoms with Crippen LogP contribution in [-0.2, 0) is 16.6 Å². The number of amides is 1. The van der Waals surface area contributed by atoms with Crippen LogP contribution in [0.5, 0.6) is 0 Å². The number of piperazine rings is 1. The second-order valence-corrected chi connectivity index (χ2v) is 9.00. The lowest BCUT2D eigenvalue weighted by atomic mass is 10.1. The molecular formula is C20H23ClFN3O3S. The summed E-state index contributed by atoms with van der Waals surface area (Å²) in [5.74, 6) is -0.490. The molecule has 2 aromatic rings. The Bertz CT molecular complexity index is 975. The predicted molar refractivity (Wildman–Crippen MR) is 110 cm³/mol. The number of halogens is 2. The monoisotopic (exact) mass is 439 g/mol. The Kier molecular flexibility index (Phi) is 6.89. The first-order chi connectivity index (χ1) is 13.8. The summed E-state index contributed by atoms with van der Waals surface area (Å²) < 4.78 is 39.6. The molecule has 0 spiro atoms. The molecule has 1 aliphatic rings. The van der Waals surface area contributed by atoms with Gasteiger partial charge >= 0.3 is 0 Å². The average Bonchev–Trinajstić information content (AvgIpc) is 2.70. The molecule has 1 fully saturated rings. The van der Waals surface area contributed by atoms with Crippen LogP contribution < -0.4 is 4.72 Å². The minimum atomic E-state index is -3.54. The van der Waals surface area contributed by atoms with Gasteiger partial charge < -0.3 is 4.90 Å². The summed E-state index contributed by atoms with van der Waals surface area (Å²) in [6.45, 7) is 5.05. The molecule has 29 heavy (non-hydrogen) atoms. The first kappa shape index (κ1) is 21.7. The summed E-state index contributed by atoms with van der Waals surface area (Å²) in [4.78, 5) is 16.8. The van der Waals surface area contributed by atoms with Gasteiger partial charge in [0.1, 0.15) is 5.82 Å². The molecule has 3 rings (SSSR count). The van der Waals surface area contributed by atoms with E-state index in [1.54, 1.807) is 17.9 Å². The van der Waals surface area contributed by atoms with E-state index in [1.165, 1.54) is 36.4 Å². The molecule has 0 radical (unpaired) electrons. The van der Waals surface area contributed by atoms with Gasteiger partial charge in [0.15, 0.2) is 0 Å². The summed E-state index contributed by atoms with van der Waals surface area (Å²) in [5, 5.41) is 0.399. The molecule has 1 saturated heterocycles. The normalized spacial score (nSPS) is 15.5. The van der Waals surface area contributed by atoms with Gasteiger partial charge in [0, 0.05) is 49.9 Å². The zero-order valence-corrected chi connectivity index (χ0v) is 17.6. The Labute approximate surface area is 175 Å². The van der Waals surface area contributed by atoms with E-state index < -0.39 is 10.0 Å². The van der Waals surface area contributed by atoms with Crippen molar-refractivity contribution in [2.24, 2.45) is 0 Å². The van der Waals surface area contributed by atoms with Crippen molar-refractivity contribution >= 4 is 27.5 Å². The van der Waals surface area contributed by atoms with Crippen molar-refractivity contribution in [1.82, 2.24) is 14.5 Å². The van der Waals surface area contributed by atoms with Gasteiger partial charge in [-0.05, 0) is 42.0 Å². The van der Waals surface area contributed by atoms with E-state index >= 15 is 0 Å². The molecule has 0 aliphatic carbocycles. The summed E-state index contributed by atoms with van der Waals surface area (Å²) in [6.07, 6.45) is 0. The molecule has 0 saturated carbocycles. The van der Waals surface area contributed by atoms with Crippen molar-refractivity contribution in [3.8, 4) is 0 Å². The quantitative estimate of drug-likeness (QED) is 0.751. The lowest BCUT2D eigenvalue weighted by Gasteiger charge is -2.35. The van der Waals surface area contributed by atoms with Gasteiger partial charge in [-0.15, -0.1) is 0 Å². The second kappa shape index (κ2) is 9.21. The highest BCUT2D eigenvalue weighted by atomic mass is 35.5. The van der Waals surface area contributed by atoms with Crippen LogP contribution in [0.25, 0.3) is 0 Å². The molecule has 0 unspecified atom stereocenters. The minimum absolute atomic E-state index is 0.128. The summed E-state index contributed by atoms with van der Waals surface area (Å²) in [7, 11) is -3.54. The SMILES string of the molecule is CCNS(=O)(=O)c1ccc(C(=O)N2CCN(Cc3ccc(F)cc3Cl)CC2)cc1. The van der Waals surface area contributed by atoms with E-state index in [9.17, 15) is 17.6 Å². The van der Waals surface area contributed by atoms with Crippen LogP contribution in [-0.4, -0.2) is 56.8 Å². The van der Waals surface area contributed by atoms with Crippen molar-refractivity contribution in [1.29, 1.82) is 0 Å². The topological polar surface area (TPSA) is 69.7 Å². The maximum atomic E-state index is 13.2. The third-order valence-electron chi connectivity index (χ3n) is 4.81. The van der Waals surface area contributed by atoms with Crippen LogP contribution in [0.3, 0.4) is 0 Å². The number of benzene rings is 2. The summed E-state index contributed by atoms with van der Waals surface area (Å²) >= 11 is 6.09. The van der Waals surface area contributed by atoms with Crippen LogP contribution in [0.4, 0.5) is 4.39 Å². The molecule has 156 valence electrons. The third kappa shape index (κ3) is 5.33. The Balaban J connectivity index is 1.58. The molecule has 1 heterocycles. The van der Waals surface area contributed by atoms with Gasteiger partial charge in [-0.2, -0.15) is 0 Å². The zero-order valence-electron chi connectivity index (χ0n) is 16.1. The third-order valence-corrected chi connectivity index (χ3v) is 6.73. The van der Waals surface area contributed by atoms with Gasteiger partial charge in [-0.25, -0.2) is 17.5 Å². The Hall–Kier alpha value is -2.00. The Morgan fingerprint density at radius 3 is 2.34 bits per heavy atom. The van der Waals surface area contributed by atoms with Crippen LogP contribution in [0.15, 0.2) is 47.4 Å². The predicted octanol–water partition coefficient (Wildman–Crippen LogP) is 2.74. The molecule has 2 aromatic carbocycles. The van der Waals surface area contributed by atoms with Crippen LogP contribution in [0, 0.1) is 5.82 Å². The number of hydrogen-bond donors (Lipinski definition) is 1. The lowest BCUT2D eigenvalue weighted by molar-refractivity contribution is 0.0628. The van der Waals surface area contributed by atoms with Crippen molar-refractivity contribution in [2.45, 2.75) is 18.4 Å². The summed E-state index contributed by atoms with van der Waals surface area (Å²) in [6, 6.07) is 10.3. The number of rotatable bonds is 6. The minimum Gasteiger partial charge on any atom is -0.336 e. The van der Waals surface area contributed by atoms with E-state index in [4.69, 9.17) is 11.6 Å². The molecule has 0 atom stereocenters. The highest BCUT2D eigenvalue weighted by Gasteiger charge is 2.23. The van der Waals surface area contributed by atoms with Gasteiger partial charge in [-0.3, -0.25) is 9.69 Å². The highest BCUT2D eigenvalue weighted by molar-refractivity contribution is 7.89. The Morgan fingerprint density at radius 1 is 1.10 bits per heavy atom. The number of nitrogens with zero attached hydrogens (tertiary/aromatic N) is 2. The maximum absolute atomic E-state index is 13.2. The maximum Gasteiger partial charge on any atom is 0.253 e. The molecule has 1 aliphatic heterocycles. The first-order valence-corrected chi connectivity index (χ1v) is 11.2. The van der Waals surface area contributed by atoms with Gasteiger partial charge in [0.2, 0.25) is 10.0 Å². The van der Waals surface area contributed by atoms with Crippen molar-refractivity contribution < 1.29 is 17.6 Å². The lowest BCUT2D eigenvalue weighted by Crippen LogP contribution is -2.48. The second-order valence-electron chi connectivity index (χ2n) is 6.83. The van der Waals surface area contributed by atoms with E-state index in [-0.39, 0.29) is 16.6 Å². The fraction of sp³-hybridized carbons (Fsp3) is 0.350. The standard InChI is InChI=1S/C20H23ClFN3O3S/c1-2-23-29(27,28)18-7-4-15(5-8-18)20(26)25-11-9-24(10-12-25)14-16-3-6-17(22)13-19(16)21/h3-8,13,23H,2,9-12,14H2,1H3. The van der Waals surface area contributed by atoms with Gasteiger partial charge in [0.25, 0.3) is 5.91 Å². The number of carbonyl (C=O) groups excluding carboxylic acids is 1. The number of sulfonamides is 1. The molecular weight excluding hydrogens is 417 g/mol. The largest absolute Gasteiger partial charge is 0.336 e. The fourth-order valence-corrected chi connectivity index (χ4v) is 4.50. The first-order valence-electron chi connectivity index (χ1n) is 9.35. The molecule has 0 bridgehead atoms. The number of carbonyl (C=O) groups is 1. The van der Waals surface area contributed by atoms with Gasteiger partial charge in [-0.1, -0.05) is 24.6 Å². The molecule has 0 aromatic heterocycles. The van der Waals surface area contributed by atoms with Crippen molar-refractivity contribution in [3.63, 3.8) is 0 Å².